The summed E-state index contributed by atoms with van der Waals surface area (Å²) in [6, 6.07) is 40.9. The second-order valence-corrected chi connectivity index (χ2v) is 14.1. The molecular formula is C43H33IO4. The molecule has 48 heavy (non-hydrogen) atoms. The van der Waals surface area contributed by atoms with Crippen LogP contribution in [0, 0.1) is 3.57 Å². The summed E-state index contributed by atoms with van der Waals surface area (Å²) in [4.78, 5) is 13.9. The van der Waals surface area contributed by atoms with Gasteiger partial charge in [0.25, 0.3) is 0 Å². The molecule has 0 N–H and O–H groups in total. The maximum absolute atomic E-state index is 13.9. The summed E-state index contributed by atoms with van der Waals surface area (Å²) in [5, 5.41) is 2.12. The quantitative estimate of drug-likeness (QED) is 0.126. The van der Waals surface area contributed by atoms with Crippen molar-refractivity contribution >= 4 is 45.4 Å². The number of methoxy groups -OCH3 is 1. The smallest absolute Gasteiger partial charge is 0.338 e. The summed E-state index contributed by atoms with van der Waals surface area (Å²) >= 11 is 2.32. The minimum absolute atomic E-state index is 0.217. The Morgan fingerprint density at radius 3 is 2.12 bits per heavy atom. The van der Waals surface area contributed by atoms with Crippen LogP contribution in [0.25, 0.3) is 28.0 Å². The van der Waals surface area contributed by atoms with Crippen LogP contribution in [-0.2, 0) is 22.4 Å². The zero-order chi connectivity index (χ0) is 33.0. The molecule has 0 spiro atoms. The Balaban J connectivity index is 1.33. The van der Waals surface area contributed by atoms with Gasteiger partial charge in [0.1, 0.15) is 18.1 Å². The topological polar surface area (TPSA) is 44.8 Å². The highest BCUT2D eigenvalue weighted by atomic mass is 127. The third kappa shape index (κ3) is 4.74. The molecule has 0 fully saturated rings. The van der Waals surface area contributed by atoms with Crippen molar-refractivity contribution in [3.05, 3.63) is 170 Å². The van der Waals surface area contributed by atoms with Crippen molar-refractivity contribution in [1.82, 2.24) is 0 Å². The number of hydrogen-bond acceptors (Lipinski definition) is 4. The lowest BCUT2D eigenvalue weighted by atomic mass is 9.76. The van der Waals surface area contributed by atoms with Gasteiger partial charge in [-0.1, -0.05) is 117 Å². The molecule has 1 aliphatic heterocycles. The summed E-state index contributed by atoms with van der Waals surface area (Å²) in [6.45, 7) is 4.64. The zero-order valence-corrected chi connectivity index (χ0v) is 29.1. The summed E-state index contributed by atoms with van der Waals surface area (Å²) in [7, 11) is 1.68. The van der Waals surface area contributed by atoms with Gasteiger partial charge in [-0.2, -0.15) is 0 Å². The molecular weight excluding hydrogens is 707 g/mol. The average molecular weight is 741 g/mol. The van der Waals surface area contributed by atoms with E-state index in [1.54, 1.807) is 7.11 Å². The van der Waals surface area contributed by atoms with Gasteiger partial charge in [-0.15, -0.1) is 0 Å². The highest BCUT2D eigenvalue weighted by molar-refractivity contribution is 14.1. The first-order valence-corrected chi connectivity index (χ1v) is 17.1. The maximum Gasteiger partial charge on any atom is 0.338 e. The molecule has 1 aliphatic carbocycles. The lowest BCUT2D eigenvalue weighted by Gasteiger charge is -2.38. The van der Waals surface area contributed by atoms with Gasteiger partial charge >= 0.3 is 5.97 Å². The fourth-order valence-electron chi connectivity index (χ4n) is 7.59. The number of carbonyl (C=O) groups is 1. The van der Waals surface area contributed by atoms with Crippen LogP contribution in [0.4, 0.5) is 0 Å². The molecule has 0 amide bonds. The number of esters is 1. The number of halogens is 1. The van der Waals surface area contributed by atoms with E-state index < -0.39 is 11.0 Å². The predicted octanol–water partition coefficient (Wildman–Crippen LogP) is 10.5. The molecule has 5 heteroatoms. The molecule has 4 nitrogen and oxygen atoms in total. The Kier molecular flexibility index (Phi) is 7.40. The SMILES string of the molecule is COc1ccc(C2(c3ccccc3)C=Cc3c4c(c5ccccc5c3O2)-c2cc(I)cc(C(=O)OCc3ccccc3)c2C4(C)C)cc1. The summed E-state index contributed by atoms with van der Waals surface area (Å²) in [6.07, 6.45) is 4.41. The second-order valence-electron chi connectivity index (χ2n) is 12.9. The largest absolute Gasteiger partial charge is 0.497 e. The molecule has 236 valence electrons. The van der Waals surface area contributed by atoms with Crippen molar-refractivity contribution in [3.63, 3.8) is 0 Å². The van der Waals surface area contributed by atoms with E-state index in [9.17, 15) is 4.79 Å². The van der Waals surface area contributed by atoms with Gasteiger partial charge in [0.2, 0.25) is 0 Å². The fourth-order valence-corrected chi connectivity index (χ4v) is 8.21. The Bertz CT molecular complexity index is 2240. The van der Waals surface area contributed by atoms with E-state index in [0.717, 1.165) is 70.3 Å². The summed E-state index contributed by atoms with van der Waals surface area (Å²) in [5.41, 5.74) is 7.57. The van der Waals surface area contributed by atoms with Gasteiger partial charge in [0, 0.05) is 31.1 Å². The number of hydrogen-bond donors (Lipinski definition) is 0. The summed E-state index contributed by atoms with van der Waals surface area (Å²) in [5.74, 6) is 1.30. The van der Waals surface area contributed by atoms with E-state index in [4.69, 9.17) is 14.2 Å². The highest BCUT2D eigenvalue weighted by Gasteiger charge is 2.46. The van der Waals surface area contributed by atoms with Crippen molar-refractivity contribution in [3.8, 4) is 22.6 Å². The van der Waals surface area contributed by atoms with E-state index in [0.29, 0.717) is 5.56 Å². The Hall–Kier alpha value is -4.88. The average Bonchev–Trinajstić information content (AvgIpc) is 3.37. The zero-order valence-electron chi connectivity index (χ0n) is 26.9. The van der Waals surface area contributed by atoms with E-state index in [2.05, 4.69) is 103 Å². The van der Waals surface area contributed by atoms with Crippen LogP contribution in [-0.4, -0.2) is 13.1 Å². The summed E-state index contributed by atoms with van der Waals surface area (Å²) < 4.78 is 19.8. The maximum atomic E-state index is 13.9. The Labute approximate surface area is 294 Å². The molecule has 8 rings (SSSR count). The van der Waals surface area contributed by atoms with E-state index in [-0.39, 0.29) is 12.6 Å². The van der Waals surface area contributed by atoms with Crippen LogP contribution >= 0.6 is 22.6 Å². The van der Waals surface area contributed by atoms with E-state index in [1.807, 2.05) is 66.7 Å². The lowest BCUT2D eigenvalue weighted by molar-refractivity contribution is 0.0470. The van der Waals surface area contributed by atoms with Gasteiger partial charge in [-0.05, 0) is 86.1 Å². The van der Waals surface area contributed by atoms with Crippen LogP contribution in [0.15, 0.2) is 127 Å². The third-order valence-corrected chi connectivity index (χ3v) is 10.4. The van der Waals surface area contributed by atoms with Gasteiger partial charge in [-0.25, -0.2) is 4.79 Å². The fraction of sp³-hybridized carbons (Fsp3) is 0.140. The predicted molar refractivity (Wildman–Crippen MR) is 200 cm³/mol. The molecule has 0 saturated heterocycles. The molecule has 0 saturated carbocycles. The lowest BCUT2D eigenvalue weighted by Crippen LogP contribution is -2.35. The molecule has 2 aliphatic rings. The molecule has 0 bridgehead atoms. The van der Waals surface area contributed by atoms with Crippen molar-refractivity contribution in [2.75, 3.05) is 7.11 Å². The van der Waals surface area contributed by atoms with Crippen LogP contribution in [0.2, 0.25) is 0 Å². The van der Waals surface area contributed by atoms with E-state index in [1.165, 1.54) is 0 Å². The first-order valence-electron chi connectivity index (χ1n) is 16.0. The molecule has 1 heterocycles. The first-order chi connectivity index (χ1) is 23.3. The molecule has 0 radical (unpaired) electrons. The van der Waals surface area contributed by atoms with Gasteiger partial charge < -0.3 is 14.2 Å². The van der Waals surface area contributed by atoms with Crippen LogP contribution in [0.5, 0.6) is 11.5 Å². The van der Waals surface area contributed by atoms with Crippen LogP contribution in [0.3, 0.4) is 0 Å². The monoisotopic (exact) mass is 740 g/mol. The number of fused-ring (bicyclic) bond motifs is 8. The van der Waals surface area contributed by atoms with Crippen molar-refractivity contribution in [2.45, 2.75) is 31.5 Å². The number of rotatable bonds is 6. The van der Waals surface area contributed by atoms with Crippen molar-refractivity contribution in [2.24, 2.45) is 0 Å². The molecule has 6 aromatic rings. The molecule has 0 aromatic heterocycles. The number of benzene rings is 6. The highest BCUT2D eigenvalue weighted by Crippen LogP contribution is 2.59. The van der Waals surface area contributed by atoms with E-state index >= 15 is 0 Å². The Morgan fingerprint density at radius 2 is 1.42 bits per heavy atom. The number of carbonyl (C=O) groups excluding carboxylic acids is 1. The third-order valence-electron chi connectivity index (χ3n) is 9.73. The van der Waals surface area contributed by atoms with Gasteiger partial charge in [0.15, 0.2) is 5.60 Å². The second kappa shape index (κ2) is 11.7. The van der Waals surface area contributed by atoms with Gasteiger partial charge in [-0.3, -0.25) is 0 Å². The number of ether oxygens (including phenoxy) is 3. The Morgan fingerprint density at radius 1 is 0.771 bits per heavy atom. The minimum atomic E-state index is -0.866. The van der Waals surface area contributed by atoms with Crippen molar-refractivity contribution in [1.29, 1.82) is 0 Å². The molecule has 6 aromatic carbocycles. The van der Waals surface area contributed by atoms with Gasteiger partial charge in [0.05, 0.1) is 12.7 Å². The standard InChI is InChI=1S/C43H33IO4/c1-42(2)38-35(24-30(44)25-36(38)41(45)47-26-27-12-6-4-7-13-27)37-32-16-10-11-17-33(32)40-34(39(37)42)22-23-43(48-40,28-14-8-5-9-15-28)29-18-20-31(46-3)21-19-29/h4-25H,26H2,1-3H3. The van der Waals surface area contributed by atoms with Crippen LogP contribution in [0.1, 0.15) is 57.6 Å². The molecule has 1 unspecified atom stereocenters. The first kappa shape index (κ1) is 30.5. The minimum Gasteiger partial charge on any atom is -0.497 e. The van der Waals surface area contributed by atoms with Crippen LogP contribution < -0.4 is 9.47 Å². The van der Waals surface area contributed by atoms with Crippen molar-refractivity contribution < 1.29 is 19.0 Å². The normalized spacial score (nSPS) is 16.8. The molecule has 1 atom stereocenters.